The van der Waals surface area contributed by atoms with Gasteiger partial charge in [-0.15, -0.1) is 0 Å². The Morgan fingerprint density at radius 2 is 1.72 bits per heavy atom. The van der Waals surface area contributed by atoms with Gasteiger partial charge in [0.05, 0.1) is 30.4 Å². The number of methoxy groups -OCH3 is 1. The van der Waals surface area contributed by atoms with Gasteiger partial charge in [0, 0.05) is 22.0 Å². The molecule has 4 nitrogen and oxygen atoms in total. The van der Waals surface area contributed by atoms with Crippen molar-refractivity contribution in [2.24, 2.45) is 0 Å². The average Bonchev–Trinajstić information content (AvgIpc) is 2.67. The van der Waals surface area contributed by atoms with Crippen molar-refractivity contribution in [1.82, 2.24) is 4.98 Å². The molecule has 1 aromatic heterocycles. The highest BCUT2D eigenvalue weighted by atomic mass is 16.5. The van der Waals surface area contributed by atoms with E-state index >= 15 is 0 Å². The van der Waals surface area contributed by atoms with Gasteiger partial charge in [-0.3, -0.25) is 0 Å². The van der Waals surface area contributed by atoms with E-state index in [2.05, 4.69) is 11.4 Å². The van der Waals surface area contributed by atoms with Crippen LogP contribution in [0.5, 0.6) is 5.75 Å². The van der Waals surface area contributed by atoms with Crippen LogP contribution >= 0.6 is 0 Å². The van der Waals surface area contributed by atoms with Crippen LogP contribution in [0.2, 0.25) is 0 Å². The topological polar surface area (TPSA) is 54.4 Å². The summed E-state index contributed by atoms with van der Waals surface area (Å²) in [6.45, 7) is -0.114. The zero-order valence-electron chi connectivity index (χ0n) is 13.9. The second-order valence-electron chi connectivity index (χ2n) is 5.84. The number of anilines is 2. The van der Waals surface area contributed by atoms with E-state index < -0.39 is 0 Å². The first-order chi connectivity index (χ1) is 12.3. The van der Waals surface area contributed by atoms with E-state index in [1.165, 1.54) is 0 Å². The van der Waals surface area contributed by atoms with E-state index in [9.17, 15) is 5.11 Å². The lowest BCUT2D eigenvalue weighted by Gasteiger charge is -2.17. The summed E-state index contributed by atoms with van der Waals surface area (Å²) in [5, 5.41) is 15.2. The Bertz CT molecular complexity index is 1050. The molecule has 0 aliphatic carbocycles. The molecular weight excluding hydrogens is 312 g/mol. The van der Waals surface area contributed by atoms with E-state index in [0.717, 1.165) is 33.2 Å². The van der Waals surface area contributed by atoms with Crippen LogP contribution in [-0.2, 0) is 6.61 Å². The van der Waals surface area contributed by atoms with Crippen LogP contribution < -0.4 is 10.1 Å². The molecule has 124 valence electrons. The van der Waals surface area contributed by atoms with Crippen LogP contribution in [0.3, 0.4) is 0 Å². The molecule has 0 unspecified atom stereocenters. The van der Waals surface area contributed by atoms with Crippen molar-refractivity contribution in [2.45, 2.75) is 6.61 Å². The smallest absolute Gasteiger partial charge is 0.148 e. The maximum atomic E-state index is 9.78. The molecule has 0 saturated carbocycles. The number of ether oxygens (including phenoxy) is 1. The quantitative estimate of drug-likeness (QED) is 0.536. The SMILES string of the molecule is COc1c(CO)cc2nc3ccccc3cc2c1Nc1ccccc1. The molecular formula is C21H18N2O2. The number of hydrogen-bond acceptors (Lipinski definition) is 4. The number of pyridine rings is 1. The minimum Gasteiger partial charge on any atom is -0.494 e. The van der Waals surface area contributed by atoms with Gasteiger partial charge < -0.3 is 15.2 Å². The Morgan fingerprint density at radius 1 is 0.960 bits per heavy atom. The summed E-state index contributed by atoms with van der Waals surface area (Å²) < 4.78 is 5.61. The lowest BCUT2D eigenvalue weighted by atomic mass is 10.0. The van der Waals surface area contributed by atoms with E-state index in [-0.39, 0.29) is 6.61 Å². The third kappa shape index (κ3) is 2.77. The summed E-state index contributed by atoms with van der Waals surface area (Å²) >= 11 is 0. The van der Waals surface area contributed by atoms with Crippen LogP contribution in [0.15, 0.2) is 66.7 Å². The number of fused-ring (bicyclic) bond motifs is 2. The fourth-order valence-corrected chi connectivity index (χ4v) is 3.10. The predicted molar refractivity (Wildman–Crippen MR) is 101 cm³/mol. The number of aliphatic hydroxyl groups excluding tert-OH is 1. The third-order valence-corrected chi connectivity index (χ3v) is 4.27. The highest BCUT2D eigenvalue weighted by Crippen LogP contribution is 2.39. The molecule has 3 aromatic carbocycles. The number of rotatable bonds is 4. The molecule has 25 heavy (non-hydrogen) atoms. The molecule has 0 bridgehead atoms. The van der Waals surface area contributed by atoms with Crippen molar-refractivity contribution in [3.05, 3.63) is 72.3 Å². The van der Waals surface area contributed by atoms with Crippen molar-refractivity contribution in [3.63, 3.8) is 0 Å². The van der Waals surface area contributed by atoms with Crippen LogP contribution in [0.4, 0.5) is 11.4 Å². The molecule has 0 atom stereocenters. The number of benzene rings is 3. The number of aliphatic hydroxyl groups is 1. The lowest BCUT2D eigenvalue weighted by Crippen LogP contribution is -2.01. The molecule has 0 spiro atoms. The maximum absolute atomic E-state index is 9.78. The molecule has 0 aliphatic heterocycles. The van der Waals surface area contributed by atoms with Gasteiger partial charge in [-0.1, -0.05) is 36.4 Å². The van der Waals surface area contributed by atoms with Crippen LogP contribution in [0, 0.1) is 0 Å². The second-order valence-corrected chi connectivity index (χ2v) is 5.84. The summed E-state index contributed by atoms with van der Waals surface area (Å²) in [6.07, 6.45) is 0. The van der Waals surface area contributed by atoms with Gasteiger partial charge in [-0.2, -0.15) is 0 Å². The first kappa shape index (κ1) is 15.4. The summed E-state index contributed by atoms with van der Waals surface area (Å²) in [5.41, 5.74) is 4.21. The Kier molecular flexibility index (Phi) is 3.96. The second kappa shape index (κ2) is 6.42. The number of nitrogens with zero attached hydrogens (tertiary/aromatic N) is 1. The van der Waals surface area contributed by atoms with Crippen LogP contribution in [0.1, 0.15) is 5.56 Å². The number of hydrogen-bond donors (Lipinski definition) is 2. The van der Waals surface area contributed by atoms with Crippen molar-refractivity contribution >= 4 is 33.2 Å². The van der Waals surface area contributed by atoms with Gasteiger partial charge >= 0.3 is 0 Å². The third-order valence-electron chi connectivity index (χ3n) is 4.27. The molecule has 0 aliphatic rings. The minimum absolute atomic E-state index is 0.114. The van der Waals surface area contributed by atoms with Crippen molar-refractivity contribution < 1.29 is 9.84 Å². The fraction of sp³-hybridized carbons (Fsp3) is 0.0952. The lowest BCUT2D eigenvalue weighted by molar-refractivity contribution is 0.274. The fourth-order valence-electron chi connectivity index (χ4n) is 3.10. The van der Waals surface area contributed by atoms with E-state index in [0.29, 0.717) is 11.3 Å². The van der Waals surface area contributed by atoms with Gasteiger partial charge in [-0.05, 0) is 30.3 Å². The van der Waals surface area contributed by atoms with Gasteiger partial charge in [0.25, 0.3) is 0 Å². The monoisotopic (exact) mass is 330 g/mol. The largest absolute Gasteiger partial charge is 0.494 e. The van der Waals surface area contributed by atoms with Crippen LogP contribution in [-0.4, -0.2) is 17.2 Å². The first-order valence-electron chi connectivity index (χ1n) is 8.12. The summed E-state index contributed by atoms with van der Waals surface area (Å²) in [4.78, 5) is 4.76. The Morgan fingerprint density at radius 3 is 2.48 bits per heavy atom. The number of aromatic nitrogens is 1. The molecule has 0 amide bonds. The van der Waals surface area contributed by atoms with Gasteiger partial charge in [0.2, 0.25) is 0 Å². The molecule has 4 rings (SSSR count). The molecule has 0 saturated heterocycles. The van der Waals surface area contributed by atoms with E-state index in [1.54, 1.807) is 7.11 Å². The predicted octanol–water partition coefficient (Wildman–Crippen LogP) is 4.63. The van der Waals surface area contributed by atoms with Gasteiger partial charge in [0.15, 0.2) is 0 Å². The highest BCUT2D eigenvalue weighted by molar-refractivity contribution is 6.03. The standard InChI is InChI=1S/C21H18N2O2/c1-25-21-15(13-24)12-19-17(11-14-7-5-6-10-18(14)23-19)20(21)22-16-8-3-2-4-9-16/h2-12,22,24H,13H2,1H3. The zero-order valence-corrected chi connectivity index (χ0v) is 13.9. The molecule has 4 heteroatoms. The molecule has 0 fully saturated rings. The average molecular weight is 330 g/mol. The molecule has 1 heterocycles. The highest BCUT2D eigenvalue weighted by Gasteiger charge is 2.16. The van der Waals surface area contributed by atoms with E-state index in [1.807, 2.05) is 60.7 Å². The molecule has 4 aromatic rings. The minimum atomic E-state index is -0.114. The first-order valence-corrected chi connectivity index (χ1v) is 8.12. The van der Waals surface area contributed by atoms with Crippen molar-refractivity contribution in [3.8, 4) is 5.75 Å². The number of nitrogens with one attached hydrogen (secondary N) is 1. The van der Waals surface area contributed by atoms with Crippen LogP contribution in [0.25, 0.3) is 21.8 Å². The van der Waals surface area contributed by atoms with Crippen molar-refractivity contribution in [1.29, 1.82) is 0 Å². The Hall–Kier alpha value is -3.11. The summed E-state index contributed by atoms with van der Waals surface area (Å²) in [6, 6.07) is 21.9. The van der Waals surface area contributed by atoms with E-state index in [4.69, 9.17) is 9.72 Å². The summed E-state index contributed by atoms with van der Waals surface area (Å²) in [7, 11) is 1.62. The van der Waals surface area contributed by atoms with Gasteiger partial charge in [0.1, 0.15) is 5.75 Å². The van der Waals surface area contributed by atoms with Gasteiger partial charge in [-0.25, -0.2) is 4.98 Å². The molecule has 0 radical (unpaired) electrons. The summed E-state index contributed by atoms with van der Waals surface area (Å²) in [5.74, 6) is 0.635. The maximum Gasteiger partial charge on any atom is 0.148 e. The zero-order chi connectivity index (χ0) is 17.2. The Labute approximate surface area is 145 Å². The normalized spacial score (nSPS) is 11.0. The number of para-hydroxylation sites is 2. The Balaban J connectivity index is 2.02. The van der Waals surface area contributed by atoms with Crippen molar-refractivity contribution in [2.75, 3.05) is 12.4 Å². The molecule has 2 N–H and O–H groups in total.